The number of amides is 3. The van der Waals surface area contributed by atoms with Gasteiger partial charge in [-0.3, -0.25) is 19.3 Å². The van der Waals surface area contributed by atoms with Crippen LogP contribution in [-0.2, 0) is 9.59 Å². The minimum absolute atomic E-state index is 0.00324. The van der Waals surface area contributed by atoms with Gasteiger partial charge in [0.15, 0.2) is 0 Å². The van der Waals surface area contributed by atoms with Crippen LogP contribution in [0.3, 0.4) is 0 Å². The summed E-state index contributed by atoms with van der Waals surface area (Å²) in [4.78, 5) is 47.7. The third-order valence-corrected chi connectivity index (χ3v) is 7.95. The van der Waals surface area contributed by atoms with Gasteiger partial charge < -0.3 is 14.7 Å². The Hall–Kier alpha value is -2.57. The molecule has 4 aliphatic rings. The molecular weight excluding hydrogens is 416 g/mol. The van der Waals surface area contributed by atoms with Crippen molar-refractivity contribution in [2.75, 3.05) is 49.1 Å². The Kier molecular flexibility index (Phi) is 6.30. The highest BCUT2D eigenvalue weighted by Gasteiger charge is 2.41. The normalized spacial score (nSPS) is 23.9. The quantitative estimate of drug-likeness (QED) is 0.706. The van der Waals surface area contributed by atoms with Crippen molar-refractivity contribution in [2.45, 2.75) is 64.3 Å². The first-order chi connectivity index (χ1) is 16.0. The zero-order chi connectivity index (χ0) is 22.9. The van der Waals surface area contributed by atoms with Gasteiger partial charge in [-0.1, -0.05) is 6.92 Å². The number of fused-ring (bicyclic) bond motifs is 3. The summed E-state index contributed by atoms with van der Waals surface area (Å²) >= 11 is 0. The van der Waals surface area contributed by atoms with E-state index in [0.29, 0.717) is 11.5 Å². The fraction of sp³-hybridized carbons (Fsp3) is 0.654. The van der Waals surface area contributed by atoms with E-state index in [2.05, 4.69) is 11.8 Å². The molecule has 3 amide bonds. The second kappa shape index (κ2) is 9.35. The SMILES string of the molecule is CC1CCN(C(=O)CN2C(=O)[C@@H]3CCCCN3c3ccc(C(=O)N4CCCCC4)cc32)CC1. The number of rotatable bonds is 3. The lowest BCUT2D eigenvalue weighted by Gasteiger charge is -2.45. The van der Waals surface area contributed by atoms with Crippen LogP contribution in [0.5, 0.6) is 0 Å². The van der Waals surface area contributed by atoms with E-state index in [1.54, 1.807) is 4.90 Å². The molecule has 7 nitrogen and oxygen atoms in total. The molecule has 3 saturated heterocycles. The van der Waals surface area contributed by atoms with E-state index in [0.717, 1.165) is 89.0 Å². The van der Waals surface area contributed by atoms with E-state index < -0.39 is 0 Å². The summed E-state index contributed by atoms with van der Waals surface area (Å²) in [6.07, 6.45) is 8.19. The largest absolute Gasteiger partial charge is 0.358 e. The first-order valence-electron chi connectivity index (χ1n) is 12.8. The van der Waals surface area contributed by atoms with Gasteiger partial charge in [-0.2, -0.15) is 0 Å². The molecular formula is C26H36N4O3. The van der Waals surface area contributed by atoms with Crippen LogP contribution >= 0.6 is 0 Å². The average Bonchev–Trinajstić information content (AvgIpc) is 2.86. The molecule has 0 bridgehead atoms. The Morgan fingerprint density at radius 3 is 2.33 bits per heavy atom. The first kappa shape index (κ1) is 22.2. The summed E-state index contributed by atoms with van der Waals surface area (Å²) in [6, 6.07) is 5.56. The van der Waals surface area contributed by atoms with Crippen molar-refractivity contribution in [3.05, 3.63) is 23.8 Å². The minimum atomic E-state index is -0.205. The Labute approximate surface area is 196 Å². The molecule has 1 atom stereocenters. The number of likely N-dealkylation sites (tertiary alicyclic amines) is 2. The molecule has 0 saturated carbocycles. The first-order valence-corrected chi connectivity index (χ1v) is 12.8. The highest BCUT2D eigenvalue weighted by Crippen LogP contribution is 2.40. The average molecular weight is 453 g/mol. The van der Waals surface area contributed by atoms with Gasteiger partial charge in [-0.25, -0.2) is 0 Å². The lowest BCUT2D eigenvalue weighted by atomic mass is 9.95. The number of hydrogen-bond donors (Lipinski definition) is 0. The second-order valence-corrected chi connectivity index (χ2v) is 10.2. The van der Waals surface area contributed by atoms with E-state index in [-0.39, 0.29) is 30.3 Å². The van der Waals surface area contributed by atoms with Crippen LogP contribution in [0.25, 0.3) is 0 Å². The Morgan fingerprint density at radius 1 is 0.848 bits per heavy atom. The van der Waals surface area contributed by atoms with E-state index in [1.165, 1.54) is 6.42 Å². The van der Waals surface area contributed by atoms with Crippen molar-refractivity contribution in [1.29, 1.82) is 0 Å². The van der Waals surface area contributed by atoms with E-state index in [4.69, 9.17) is 0 Å². The highest BCUT2D eigenvalue weighted by atomic mass is 16.2. The van der Waals surface area contributed by atoms with Crippen LogP contribution in [0, 0.1) is 5.92 Å². The number of piperidine rings is 3. The molecule has 4 aliphatic heterocycles. The summed E-state index contributed by atoms with van der Waals surface area (Å²) in [6.45, 7) is 6.23. The molecule has 1 aromatic rings. The van der Waals surface area contributed by atoms with E-state index in [9.17, 15) is 14.4 Å². The van der Waals surface area contributed by atoms with Crippen molar-refractivity contribution in [3.63, 3.8) is 0 Å². The summed E-state index contributed by atoms with van der Waals surface area (Å²) in [7, 11) is 0. The Bertz CT molecular complexity index is 918. The van der Waals surface area contributed by atoms with Gasteiger partial charge in [0, 0.05) is 38.3 Å². The Balaban J connectivity index is 1.44. The van der Waals surface area contributed by atoms with Gasteiger partial charge in [0.2, 0.25) is 11.8 Å². The monoisotopic (exact) mass is 452 g/mol. The van der Waals surface area contributed by atoms with Crippen LogP contribution < -0.4 is 9.80 Å². The number of hydrogen-bond acceptors (Lipinski definition) is 4. The van der Waals surface area contributed by atoms with Crippen LogP contribution in [0.1, 0.15) is 68.6 Å². The van der Waals surface area contributed by atoms with Gasteiger partial charge in [-0.15, -0.1) is 0 Å². The second-order valence-electron chi connectivity index (χ2n) is 10.2. The number of nitrogens with zero attached hydrogens (tertiary/aromatic N) is 4. The van der Waals surface area contributed by atoms with Gasteiger partial charge in [0.25, 0.3) is 5.91 Å². The number of benzene rings is 1. The van der Waals surface area contributed by atoms with Crippen LogP contribution in [0.4, 0.5) is 11.4 Å². The summed E-state index contributed by atoms with van der Waals surface area (Å²) in [5, 5.41) is 0. The molecule has 0 aliphatic carbocycles. The van der Waals surface area contributed by atoms with Crippen LogP contribution in [0.2, 0.25) is 0 Å². The smallest absolute Gasteiger partial charge is 0.253 e. The van der Waals surface area contributed by atoms with Crippen molar-refractivity contribution in [1.82, 2.24) is 9.80 Å². The van der Waals surface area contributed by atoms with E-state index in [1.807, 2.05) is 28.0 Å². The van der Waals surface area contributed by atoms with Crippen LogP contribution in [-0.4, -0.2) is 72.8 Å². The summed E-state index contributed by atoms with van der Waals surface area (Å²) < 4.78 is 0. The third-order valence-electron chi connectivity index (χ3n) is 7.95. The van der Waals surface area contributed by atoms with E-state index >= 15 is 0 Å². The molecule has 5 rings (SSSR count). The zero-order valence-corrected chi connectivity index (χ0v) is 19.8. The molecule has 0 unspecified atom stereocenters. The molecule has 178 valence electrons. The lowest BCUT2D eigenvalue weighted by Crippen LogP contribution is -2.57. The maximum absolute atomic E-state index is 13.6. The zero-order valence-electron chi connectivity index (χ0n) is 19.8. The van der Waals surface area contributed by atoms with Crippen molar-refractivity contribution < 1.29 is 14.4 Å². The fourth-order valence-corrected chi connectivity index (χ4v) is 5.83. The molecule has 0 aromatic heterocycles. The molecule has 7 heteroatoms. The molecule has 0 radical (unpaired) electrons. The van der Waals surface area contributed by atoms with Gasteiger partial charge in [0.1, 0.15) is 12.6 Å². The van der Waals surface area contributed by atoms with Crippen molar-refractivity contribution >= 4 is 29.1 Å². The summed E-state index contributed by atoms with van der Waals surface area (Å²) in [5.74, 6) is 0.689. The van der Waals surface area contributed by atoms with Crippen LogP contribution in [0.15, 0.2) is 18.2 Å². The topological polar surface area (TPSA) is 64.2 Å². The molecule has 3 fully saturated rings. The molecule has 1 aromatic carbocycles. The number of carbonyl (C=O) groups excluding carboxylic acids is 3. The molecule has 33 heavy (non-hydrogen) atoms. The standard InChI is InChI=1S/C26H36N4O3/c1-19-10-15-27(16-11-19)24(31)18-30-23-17-20(25(32)28-12-4-2-5-13-28)8-9-21(23)29-14-6-3-7-22(29)26(30)33/h8-9,17,19,22H,2-7,10-16,18H2,1H3/t22-/m0/s1. The lowest BCUT2D eigenvalue weighted by molar-refractivity contribution is -0.133. The molecule has 4 heterocycles. The van der Waals surface area contributed by atoms with Gasteiger partial charge in [-0.05, 0) is 75.5 Å². The minimum Gasteiger partial charge on any atom is -0.358 e. The van der Waals surface area contributed by atoms with Gasteiger partial charge in [0.05, 0.1) is 11.4 Å². The summed E-state index contributed by atoms with van der Waals surface area (Å²) in [5.41, 5.74) is 2.32. The highest BCUT2D eigenvalue weighted by molar-refractivity contribution is 6.09. The van der Waals surface area contributed by atoms with Gasteiger partial charge >= 0.3 is 0 Å². The number of anilines is 2. The maximum atomic E-state index is 13.6. The predicted octanol–water partition coefficient (Wildman–Crippen LogP) is 3.28. The molecule has 0 N–H and O–H groups in total. The Morgan fingerprint density at radius 2 is 1.58 bits per heavy atom. The van der Waals surface area contributed by atoms with Crippen molar-refractivity contribution in [3.8, 4) is 0 Å². The van der Waals surface area contributed by atoms with Crippen molar-refractivity contribution in [2.24, 2.45) is 5.92 Å². The predicted molar refractivity (Wildman–Crippen MR) is 129 cm³/mol. The maximum Gasteiger partial charge on any atom is 0.253 e. The molecule has 0 spiro atoms. The number of carbonyl (C=O) groups is 3. The fourth-order valence-electron chi connectivity index (χ4n) is 5.83. The third kappa shape index (κ3) is 4.34.